The number of allylic oxidation sites excluding steroid dienone is 2. The Morgan fingerprint density at radius 3 is 2.73 bits per heavy atom. The second kappa shape index (κ2) is 8.37. The molecule has 33 heavy (non-hydrogen) atoms. The van der Waals surface area contributed by atoms with E-state index < -0.39 is 5.60 Å². The van der Waals surface area contributed by atoms with Gasteiger partial charge in [-0.2, -0.15) is 4.98 Å². The monoisotopic (exact) mass is 454 g/mol. The zero-order chi connectivity index (χ0) is 24.2. The summed E-state index contributed by atoms with van der Waals surface area (Å²) in [6, 6.07) is 0. The van der Waals surface area contributed by atoms with Gasteiger partial charge in [0.25, 0.3) is 5.56 Å². The van der Waals surface area contributed by atoms with Crippen molar-refractivity contribution in [1.82, 2.24) is 19.1 Å². The molecular weight excluding hydrogens is 412 g/mol. The predicted octanol–water partition coefficient (Wildman–Crippen LogP) is 5.16. The molecule has 4 rings (SSSR count). The molecule has 0 aromatic carbocycles. The molecule has 2 heterocycles. The lowest BCUT2D eigenvalue weighted by atomic mass is 9.45. The van der Waals surface area contributed by atoms with Crippen LogP contribution >= 0.6 is 0 Å². The fraction of sp³-hybridized carbons (Fsp3) is 0.741. The highest BCUT2D eigenvalue weighted by Crippen LogP contribution is 2.62. The number of fused-ring (bicyclic) bond motifs is 2. The lowest BCUT2D eigenvalue weighted by molar-refractivity contribution is -0.212. The predicted molar refractivity (Wildman–Crippen MR) is 133 cm³/mol. The van der Waals surface area contributed by atoms with Gasteiger partial charge in [0.1, 0.15) is 5.82 Å². The van der Waals surface area contributed by atoms with Crippen molar-refractivity contribution in [3.8, 4) is 0 Å². The Morgan fingerprint density at radius 2 is 2.00 bits per heavy atom. The molecule has 1 N–H and O–H groups in total. The van der Waals surface area contributed by atoms with Crippen molar-refractivity contribution in [3.63, 3.8) is 0 Å². The lowest BCUT2D eigenvalue weighted by Gasteiger charge is -2.62. The minimum absolute atomic E-state index is 0.0107. The summed E-state index contributed by atoms with van der Waals surface area (Å²) in [4.78, 5) is 21.1. The average Bonchev–Trinajstić information content (AvgIpc) is 3.18. The van der Waals surface area contributed by atoms with E-state index in [1.165, 1.54) is 12.0 Å². The van der Waals surface area contributed by atoms with Gasteiger partial charge in [-0.25, -0.2) is 4.98 Å². The third kappa shape index (κ3) is 3.88. The fourth-order valence-electron chi connectivity index (χ4n) is 6.82. The summed E-state index contributed by atoms with van der Waals surface area (Å²) < 4.78 is 3.77. The molecule has 0 aliphatic heterocycles. The van der Waals surface area contributed by atoms with Crippen LogP contribution < -0.4 is 5.56 Å². The molecule has 0 amide bonds. The molecule has 0 saturated heterocycles. The van der Waals surface area contributed by atoms with Crippen LogP contribution in [0, 0.1) is 29.6 Å². The van der Waals surface area contributed by atoms with E-state index in [2.05, 4.69) is 50.7 Å². The van der Waals surface area contributed by atoms with Gasteiger partial charge in [0.15, 0.2) is 11.2 Å². The SMILES string of the molecule is CC(=CCn1cnc2c1c(=O)nc(C)n2C)CC[C@@]1(C)[C@H](C)CC[C@]2(O)[C@@H]1CCCC2(C)C. The van der Waals surface area contributed by atoms with E-state index in [0.29, 0.717) is 35.4 Å². The van der Waals surface area contributed by atoms with Gasteiger partial charge in [-0.1, -0.05) is 45.8 Å². The molecular formula is C27H42N4O2. The normalized spacial score (nSPS) is 32.2. The van der Waals surface area contributed by atoms with Crippen molar-refractivity contribution in [2.24, 2.45) is 29.7 Å². The highest BCUT2D eigenvalue weighted by Gasteiger charge is 2.60. The fourth-order valence-corrected chi connectivity index (χ4v) is 6.82. The molecule has 0 spiro atoms. The quantitative estimate of drug-likeness (QED) is 0.634. The second-order valence-corrected chi connectivity index (χ2v) is 11.8. The maximum absolute atomic E-state index is 12.5. The van der Waals surface area contributed by atoms with Gasteiger partial charge in [-0.05, 0) is 75.0 Å². The van der Waals surface area contributed by atoms with Crippen LogP contribution in [0.25, 0.3) is 11.2 Å². The Bertz CT molecular complexity index is 1130. The summed E-state index contributed by atoms with van der Waals surface area (Å²) in [5.74, 6) is 1.64. The number of hydrogen-bond donors (Lipinski definition) is 1. The number of aliphatic hydroxyl groups is 1. The largest absolute Gasteiger partial charge is 0.389 e. The summed E-state index contributed by atoms with van der Waals surface area (Å²) in [5, 5.41) is 11.9. The molecule has 6 heteroatoms. The van der Waals surface area contributed by atoms with Gasteiger partial charge >= 0.3 is 0 Å². The average molecular weight is 455 g/mol. The van der Waals surface area contributed by atoms with E-state index in [1.807, 2.05) is 23.1 Å². The molecule has 2 aliphatic carbocycles. The number of nitrogens with zero attached hydrogens (tertiary/aromatic N) is 4. The van der Waals surface area contributed by atoms with Crippen molar-refractivity contribution in [2.45, 2.75) is 98.6 Å². The van der Waals surface area contributed by atoms with Crippen molar-refractivity contribution < 1.29 is 5.11 Å². The second-order valence-electron chi connectivity index (χ2n) is 11.8. The number of aryl methyl sites for hydroxylation is 2. The highest BCUT2D eigenvalue weighted by molar-refractivity contribution is 5.70. The topological polar surface area (TPSA) is 72.9 Å². The van der Waals surface area contributed by atoms with Crippen LogP contribution in [0.15, 0.2) is 22.8 Å². The first-order valence-corrected chi connectivity index (χ1v) is 12.7. The van der Waals surface area contributed by atoms with Crippen LogP contribution in [0.3, 0.4) is 0 Å². The molecule has 2 saturated carbocycles. The summed E-state index contributed by atoms with van der Waals surface area (Å²) in [6.07, 6.45) is 11.6. The van der Waals surface area contributed by atoms with Crippen LogP contribution in [-0.4, -0.2) is 29.8 Å². The van der Waals surface area contributed by atoms with Crippen LogP contribution in [0.4, 0.5) is 0 Å². The summed E-state index contributed by atoms with van der Waals surface area (Å²) >= 11 is 0. The third-order valence-electron chi connectivity index (χ3n) is 9.71. The number of rotatable bonds is 5. The maximum Gasteiger partial charge on any atom is 0.299 e. The van der Waals surface area contributed by atoms with E-state index >= 15 is 0 Å². The van der Waals surface area contributed by atoms with Gasteiger partial charge < -0.3 is 14.2 Å². The van der Waals surface area contributed by atoms with Crippen LogP contribution in [-0.2, 0) is 13.6 Å². The molecule has 6 nitrogen and oxygen atoms in total. The van der Waals surface area contributed by atoms with Crippen LogP contribution in [0.1, 0.15) is 85.4 Å². The first-order chi connectivity index (χ1) is 15.4. The molecule has 0 bridgehead atoms. The molecule has 182 valence electrons. The number of imidazole rings is 1. The Balaban J connectivity index is 1.51. The molecule has 2 aromatic heterocycles. The maximum atomic E-state index is 12.5. The Kier molecular flexibility index (Phi) is 6.13. The van der Waals surface area contributed by atoms with Crippen molar-refractivity contribution in [3.05, 3.63) is 34.2 Å². The highest BCUT2D eigenvalue weighted by atomic mass is 16.3. The van der Waals surface area contributed by atoms with Gasteiger partial charge in [0, 0.05) is 13.6 Å². The van der Waals surface area contributed by atoms with Crippen molar-refractivity contribution in [1.29, 1.82) is 0 Å². The van der Waals surface area contributed by atoms with E-state index in [9.17, 15) is 9.90 Å². The Morgan fingerprint density at radius 1 is 1.27 bits per heavy atom. The van der Waals surface area contributed by atoms with Crippen molar-refractivity contribution >= 4 is 11.2 Å². The van der Waals surface area contributed by atoms with Crippen LogP contribution in [0.5, 0.6) is 0 Å². The summed E-state index contributed by atoms with van der Waals surface area (Å²) in [5.41, 5.74) is 1.93. The zero-order valence-electron chi connectivity index (χ0n) is 21.6. The van der Waals surface area contributed by atoms with Gasteiger partial charge in [-0.15, -0.1) is 0 Å². The van der Waals surface area contributed by atoms with E-state index in [-0.39, 0.29) is 16.4 Å². The molecule has 2 aromatic rings. The number of hydrogen-bond acceptors (Lipinski definition) is 4. The Labute approximate surface area is 198 Å². The van der Waals surface area contributed by atoms with Gasteiger partial charge in [0.05, 0.1) is 11.9 Å². The summed E-state index contributed by atoms with van der Waals surface area (Å²) in [6.45, 7) is 14.0. The minimum atomic E-state index is -0.551. The molecule has 0 unspecified atom stereocenters. The van der Waals surface area contributed by atoms with E-state index in [1.54, 1.807) is 6.33 Å². The van der Waals surface area contributed by atoms with Gasteiger partial charge in [0.2, 0.25) is 0 Å². The van der Waals surface area contributed by atoms with Crippen molar-refractivity contribution in [2.75, 3.05) is 0 Å². The third-order valence-corrected chi connectivity index (χ3v) is 9.71. The standard InChI is InChI=1S/C27H42N4O2/c1-18(12-16-31-17-28-23-22(31)24(32)29-20(3)30(23)7)10-14-26(6)19(2)11-15-27(33)21(26)9-8-13-25(27,4)5/h12,17,19,21,33H,8-11,13-16H2,1-7H3/t19-,21-,26+,27+/m1/s1. The first-order valence-electron chi connectivity index (χ1n) is 12.7. The summed E-state index contributed by atoms with van der Waals surface area (Å²) in [7, 11) is 1.89. The Hall–Kier alpha value is -1.95. The van der Waals surface area contributed by atoms with Gasteiger partial charge in [-0.3, -0.25) is 4.79 Å². The molecule has 2 aliphatic rings. The number of aromatic nitrogens is 4. The molecule has 4 atom stereocenters. The zero-order valence-corrected chi connectivity index (χ0v) is 21.6. The smallest absolute Gasteiger partial charge is 0.299 e. The van der Waals surface area contributed by atoms with E-state index in [4.69, 9.17) is 0 Å². The molecule has 2 fully saturated rings. The van der Waals surface area contributed by atoms with Crippen LogP contribution in [0.2, 0.25) is 0 Å². The first kappa shape index (κ1) is 24.2. The molecule has 0 radical (unpaired) electrons. The van der Waals surface area contributed by atoms with E-state index in [0.717, 1.165) is 38.5 Å². The lowest BCUT2D eigenvalue weighted by Crippen LogP contribution is -2.62. The minimum Gasteiger partial charge on any atom is -0.389 e.